The molecule has 2 aromatic heterocycles. The maximum Gasteiger partial charge on any atom is 0.325 e. The Hall–Kier alpha value is -3.62. The van der Waals surface area contributed by atoms with Crippen LogP contribution in [0.2, 0.25) is 0 Å². The monoisotopic (exact) mass is 384 g/mol. The minimum atomic E-state index is -1.11. The number of nitrogens with zero attached hydrogens (tertiary/aromatic N) is 3. The largest absolute Gasteiger partial charge is 0.497 e. The van der Waals surface area contributed by atoms with Gasteiger partial charge in [-0.3, -0.25) is 9.59 Å². The molecule has 0 saturated heterocycles. The van der Waals surface area contributed by atoms with Gasteiger partial charge in [-0.05, 0) is 25.1 Å². The molecule has 3 rings (SSSR count). The van der Waals surface area contributed by atoms with Gasteiger partial charge in [-0.2, -0.15) is 5.10 Å². The summed E-state index contributed by atoms with van der Waals surface area (Å²) < 4.78 is 12.3. The first-order valence-corrected chi connectivity index (χ1v) is 8.49. The summed E-state index contributed by atoms with van der Waals surface area (Å²) in [4.78, 5) is 27.4. The molecule has 1 unspecified atom stereocenters. The first-order valence-electron chi connectivity index (χ1n) is 8.49. The van der Waals surface area contributed by atoms with E-state index in [4.69, 9.17) is 14.6 Å². The molecule has 0 bridgehead atoms. The van der Waals surface area contributed by atoms with Gasteiger partial charge in [0.2, 0.25) is 0 Å². The van der Waals surface area contributed by atoms with E-state index in [9.17, 15) is 9.59 Å². The summed E-state index contributed by atoms with van der Waals surface area (Å²) >= 11 is 0. The number of hydrogen-bond donors (Lipinski definition) is 2. The van der Waals surface area contributed by atoms with Crippen LogP contribution in [0.15, 0.2) is 36.7 Å². The minimum absolute atomic E-state index is 0.266. The van der Waals surface area contributed by atoms with Gasteiger partial charge < -0.3 is 19.9 Å². The van der Waals surface area contributed by atoms with Gasteiger partial charge in [0.15, 0.2) is 5.65 Å². The van der Waals surface area contributed by atoms with Crippen molar-refractivity contribution in [1.29, 1.82) is 0 Å². The fraction of sp³-hybridized carbons (Fsp3) is 0.263. The molecule has 9 heteroatoms. The molecule has 0 fully saturated rings. The minimum Gasteiger partial charge on any atom is -0.497 e. The Morgan fingerprint density at radius 1 is 1.21 bits per heavy atom. The SMILES string of the molecule is COc1ccc(Cn2ncc3cc(C(=O)NC(C)C(=O)O)cnc32)c(OC)c1. The smallest absolute Gasteiger partial charge is 0.325 e. The maximum atomic E-state index is 12.2. The summed E-state index contributed by atoms with van der Waals surface area (Å²) in [7, 11) is 3.17. The number of amides is 1. The van der Waals surface area contributed by atoms with Crippen molar-refractivity contribution in [1.82, 2.24) is 20.1 Å². The molecule has 0 aliphatic rings. The highest BCUT2D eigenvalue weighted by Gasteiger charge is 2.17. The number of fused-ring (bicyclic) bond motifs is 1. The topological polar surface area (TPSA) is 116 Å². The fourth-order valence-electron chi connectivity index (χ4n) is 2.70. The molecule has 0 saturated carbocycles. The van der Waals surface area contributed by atoms with Crippen molar-refractivity contribution < 1.29 is 24.2 Å². The molecule has 1 atom stereocenters. The molecule has 28 heavy (non-hydrogen) atoms. The van der Waals surface area contributed by atoms with Crippen molar-refractivity contribution in [3.63, 3.8) is 0 Å². The van der Waals surface area contributed by atoms with Gasteiger partial charge in [-0.15, -0.1) is 0 Å². The van der Waals surface area contributed by atoms with Gasteiger partial charge in [0, 0.05) is 23.2 Å². The number of benzene rings is 1. The second-order valence-electron chi connectivity index (χ2n) is 6.15. The standard InChI is InChI=1S/C19H20N4O5/c1-11(19(25)26)22-18(24)14-6-13-9-21-23(17(13)20-8-14)10-12-4-5-15(27-2)7-16(12)28-3/h4-9,11H,10H2,1-3H3,(H,22,24)(H,25,26). The molecule has 0 aliphatic heterocycles. The Bertz CT molecular complexity index is 1030. The summed E-state index contributed by atoms with van der Waals surface area (Å²) in [6.07, 6.45) is 3.01. The van der Waals surface area contributed by atoms with Gasteiger partial charge in [0.1, 0.15) is 17.5 Å². The Kier molecular flexibility index (Phi) is 5.44. The summed E-state index contributed by atoms with van der Waals surface area (Å²) in [5.41, 5.74) is 1.76. The first-order chi connectivity index (χ1) is 13.4. The molecule has 3 aromatic rings. The number of hydrogen-bond acceptors (Lipinski definition) is 6. The van der Waals surface area contributed by atoms with Gasteiger partial charge in [-0.1, -0.05) is 0 Å². The highest BCUT2D eigenvalue weighted by Crippen LogP contribution is 2.26. The molecule has 0 spiro atoms. The lowest BCUT2D eigenvalue weighted by Crippen LogP contribution is -2.38. The van der Waals surface area contributed by atoms with E-state index >= 15 is 0 Å². The Balaban J connectivity index is 1.85. The number of carbonyl (C=O) groups is 2. The number of carboxylic acids is 1. The second-order valence-corrected chi connectivity index (χ2v) is 6.15. The number of pyridine rings is 1. The lowest BCUT2D eigenvalue weighted by atomic mass is 10.2. The van der Waals surface area contributed by atoms with Crippen LogP contribution in [0.25, 0.3) is 11.0 Å². The van der Waals surface area contributed by atoms with Crippen LogP contribution in [0, 0.1) is 0 Å². The van der Waals surface area contributed by atoms with Crippen LogP contribution in [0.3, 0.4) is 0 Å². The van der Waals surface area contributed by atoms with Crippen LogP contribution < -0.4 is 14.8 Å². The molecular formula is C19H20N4O5. The number of carbonyl (C=O) groups excluding carboxylic acids is 1. The third kappa shape index (κ3) is 3.88. The predicted molar refractivity (Wildman–Crippen MR) is 101 cm³/mol. The lowest BCUT2D eigenvalue weighted by Gasteiger charge is -2.11. The fourth-order valence-corrected chi connectivity index (χ4v) is 2.70. The van der Waals surface area contributed by atoms with E-state index in [1.54, 1.807) is 37.2 Å². The number of carboxylic acid groups (broad SMARTS) is 1. The number of nitrogens with one attached hydrogen (secondary N) is 1. The van der Waals surface area contributed by atoms with E-state index in [-0.39, 0.29) is 5.56 Å². The Morgan fingerprint density at radius 2 is 2.00 bits per heavy atom. The van der Waals surface area contributed by atoms with Crippen molar-refractivity contribution in [2.45, 2.75) is 19.5 Å². The van der Waals surface area contributed by atoms with Crippen molar-refractivity contribution in [3.8, 4) is 11.5 Å². The third-order valence-electron chi connectivity index (χ3n) is 4.27. The molecule has 9 nitrogen and oxygen atoms in total. The van der Waals surface area contributed by atoms with E-state index in [1.807, 2.05) is 12.1 Å². The average Bonchev–Trinajstić information content (AvgIpc) is 3.10. The van der Waals surface area contributed by atoms with Crippen molar-refractivity contribution >= 4 is 22.9 Å². The Labute approximate surface area is 160 Å². The van der Waals surface area contributed by atoms with Crippen molar-refractivity contribution in [2.75, 3.05) is 14.2 Å². The second kappa shape index (κ2) is 7.95. The van der Waals surface area contributed by atoms with Crippen LogP contribution in [0.1, 0.15) is 22.8 Å². The van der Waals surface area contributed by atoms with E-state index in [2.05, 4.69) is 15.4 Å². The molecule has 2 N–H and O–H groups in total. The number of ether oxygens (including phenoxy) is 2. The summed E-state index contributed by atoms with van der Waals surface area (Å²) in [6.45, 7) is 1.82. The van der Waals surface area contributed by atoms with Crippen molar-refractivity contribution in [2.24, 2.45) is 0 Å². The van der Waals surface area contributed by atoms with Gasteiger partial charge in [0.25, 0.3) is 5.91 Å². The number of aromatic nitrogens is 3. The first kappa shape index (κ1) is 19.2. The summed E-state index contributed by atoms with van der Waals surface area (Å²) in [5.74, 6) is -0.255. The summed E-state index contributed by atoms with van der Waals surface area (Å²) in [6, 6.07) is 6.15. The molecule has 0 radical (unpaired) electrons. The highest BCUT2D eigenvalue weighted by molar-refractivity contribution is 5.98. The zero-order valence-corrected chi connectivity index (χ0v) is 15.7. The molecule has 1 aromatic carbocycles. The Morgan fingerprint density at radius 3 is 2.68 bits per heavy atom. The quantitative estimate of drug-likeness (QED) is 0.637. The molecule has 0 aliphatic carbocycles. The van der Waals surface area contributed by atoms with E-state index in [1.165, 1.54) is 13.1 Å². The van der Waals surface area contributed by atoms with Gasteiger partial charge >= 0.3 is 5.97 Å². The number of methoxy groups -OCH3 is 2. The molecule has 1 amide bonds. The van der Waals surface area contributed by atoms with Crippen molar-refractivity contribution in [3.05, 3.63) is 47.8 Å². The highest BCUT2D eigenvalue weighted by atomic mass is 16.5. The third-order valence-corrected chi connectivity index (χ3v) is 4.27. The van der Waals surface area contributed by atoms with E-state index in [0.29, 0.717) is 29.1 Å². The van der Waals surface area contributed by atoms with E-state index in [0.717, 1.165) is 5.56 Å². The normalized spacial score (nSPS) is 11.8. The van der Waals surface area contributed by atoms with Crippen LogP contribution in [-0.4, -0.2) is 52.0 Å². The van der Waals surface area contributed by atoms with Gasteiger partial charge in [0.05, 0.1) is 32.5 Å². The van der Waals surface area contributed by atoms with Crippen LogP contribution in [0.5, 0.6) is 11.5 Å². The van der Waals surface area contributed by atoms with Crippen LogP contribution >= 0.6 is 0 Å². The zero-order chi connectivity index (χ0) is 20.3. The maximum absolute atomic E-state index is 12.2. The van der Waals surface area contributed by atoms with Gasteiger partial charge in [-0.25, -0.2) is 9.67 Å². The zero-order valence-electron chi connectivity index (χ0n) is 15.7. The predicted octanol–water partition coefficient (Wildman–Crippen LogP) is 1.70. The molecular weight excluding hydrogens is 364 g/mol. The lowest BCUT2D eigenvalue weighted by molar-refractivity contribution is -0.138. The van der Waals surface area contributed by atoms with Crippen LogP contribution in [0.4, 0.5) is 0 Å². The van der Waals surface area contributed by atoms with E-state index < -0.39 is 17.9 Å². The number of aliphatic carboxylic acids is 1. The van der Waals surface area contributed by atoms with Crippen LogP contribution in [-0.2, 0) is 11.3 Å². The molecule has 2 heterocycles. The number of rotatable bonds is 7. The molecule has 146 valence electrons. The summed E-state index contributed by atoms with van der Waals surface area (Å²) in [5, 5.41) is 16.3. The average molecular weight is 384 g/mol.